The third-order valence-corrected chi connectivity index (χ3v) is 4.06. The first kappa shape index (κ1) is 21.6. The lowest BCUT2D eigenvalue weighted by Crippen LogP contribution is -2.22. The number of benzene rings is 2. The van der Waals surface area contributed by atoms with Crippen LogP contribution >= 0.6 is 0 Å². The summed E-state index contributed by atoms with van der Waals surface area (Å²) < 4.78 is 48.6. The van der Waals surface area contributed by atoms with Crippen molar-refractivity contribution in [1.82, 2.24) is 20.0 Å². The highest BCUT2D eigenvalue weighted by atomic mass is 19.4. The van der Waals surface area contributed by atoms with E-state index < -0.39 is 18.1 Å². The van der Waals surface area contributed by atoms with E-state index in [9.17, 15) is 18.0 Å². The van der Waals surface area contributed by atoms with E-state index in [1.54, 1.807) is 59.5 Å². The van der Waals surface area contributed by atoms with E-state index in [-0.39, 0.29) is 11.6 Å². The Morgan fingerprint density at radius 1 is 0.909 bits per heavy atom. The van der Waals surface area contributed by atoms with E-state index in [0.717, 1.165) is 6.07 Å². The highest BCUT2D eigenvalue weighted by Gasteiger charge is 2.32. The molecule has 0 aliphatic carbocycles. The van der Waals surface area contributed by atoms with Crippen LogP contribution in [0.2, 0.25) is 0 Å². The Bertz CT molecular complexity index is 1210. The summed E-state index contributed by atoms with van der Waals surface area (Å²) >= 11 is 0. The number of anilines is 2. The number of hydrogen-bond donors (Lipinski definition) is 2. The van der Waals surface area contributed by atoms with Crippen LogP contribution in [0.15, 0.2) is 79.1 Å². The summed E-state index contributed by atoms with van der Waals surface area (Å²) in [5.74, 6) is 0.695. The van der Waals surface area contributed by atoms with Crippen molar-refractivity contribution >= 4 is 17.4 Å². The van der Waals surface area contributed by atoms with Gasteiger partial charge in [0.15, 0.2) is 11.6 Å². The van der Waals surface area contributed by atoms with Crippen LogP contribution < -0.4 is 20.1 Å². The lowest BCUT2D eigenvalue weighted by Gasteiger charge is -2.14. The average molecular weight is 456 g/mol. The van der Waals surface area contributed by atoms with E-state index in [2.05, 4.69) is 30.7 Å². The summed E-state index contributed by atoms with van der Waals surface area (Å²) in [5, 5.41) is 16.9. The summed E-state index contributed by atoms with van der Waals surface area (Å²) in [6.07, 6.45) is -1.53. The van der Waals surface area contributed by atoms with Crippen LogP contribution in [0, 0.1) is 0 Å². The van der Waals surface area contributed by atoms with Crippen molar-refractivity contribution in [2.75, 3.05) is 10.6 Å². The van der Waals surface area contributed by atoms with E-state index in [1.807, 2.05) is 0 Å². The first-order valence-electron chi connectivity index (χ1n) is 9.40. The zero-order valence-electron chi connectivity index (χ0n) is 16.7. The average Bonchev–Trinajstić information content (AvgIpc) is 3.31. The van der Waals surface area contributed by atoms with E-state index in [1.165, 1.54) is 18.2 Å². The molecule has 2 amide bonds. The van der Waals surface area contributed by atoms with Gasteiger partial charge in [0, 0.05) is 24.1 Å². The number of carbonyl (C=O) groups excluding carboxylic acids is 1. The minimum absolute atomic E-state index is 0.135. The number of rotatable bonds is 6. The third kappa shape index (κ3) is 5.97. The van der Waals surface area contributed by atoms with Gasteiger partial charge in [-0.2, -0.15) is 5.10 Å². The van der Waals surface area contributed by atoms with Crippen molar-refractivity contribution in [3.63, 3.8) is 0 Å². The number of halogens is 3. The van der Waals surface area contributed by atoms with Crippen molar-refractivity contribution in [1.29, 1.82) is 0 Å². The van der Waals surface area contributed by atoms with Crippen LogP contribution in [0.5, 0.6) is 17.4 Å². The highest BCUT2D eigenvalue weighted by molar-refractivity contribution is 6.00. The molecular formula is C21H15F3N6O3. The summed E-state index contributed by atoms with van der Waals surface area (Å²) in [6, 6.07) is 15.8. The van der Waals surface area contributed by atoms with Crippen molar-refractivity contribution in [3.8, 4) is 23.2 Å². The number of aromatic nitrogens is 4. The Balaban J connectivity index is 1.35. The normalized spacial score (nSPS) is 11.0. The van der Waals surface area contributed by atoms with Gasteiger partial charge in [0.1, 0.15) is 5.75 Å². The summed E-state index contributed by atoms with van der Waals surface area (Å²) in [5.41, 5.74) is 0.249. The zero-order valence-corrected chi connectivity index (χ0v) is 16.7. The fourth-order valence-electron chi connectivity index (χ4n) is 2.69. The second-order valence-corrected chi connectivity index (χ2v) is 6.43. The lowest BCUT2D eigenvalue weighted by atomic mass is 10.3. The number of alkyl halides is 3. The van der Waals surface area contributed by atoms with E-state index >= 15 is 0 Å². The Kier molecular flexibility index (Phi) is 6.06. The molecular weight excluding hydrogens is 441 g/mol. The van der Waals surface area contributed by atoms with Crippen LogP contribution in [0.1, 0.15) is 0 Å². The molecule has 0 unspecified atom stereocenters. The van der Waals surface area contributed by atoms with Gasteiger partial charge in [0.05, 0.1) is 5.69 Å². The van der Waals surface area contributed by atoms with Crippen molar-refractivity contribution < 1.29 is 27.4 Å². The largest absolute Gasteiger partial charge is 0.573 e. The van der Waals surface area contributed by atoms with Gasteiger partial charge in [-0.05, 0) is 48.5 Å². The maximum absolute atomic E-state index is 12.5. The molecule has 0 fully saturated rings. The molecule has 4 aromatic rings. The number of nitrogens with zero attached hydrogens (tertiary/aromatic N) is 4. The molecule has 0 saturated heterocycles. The molecule has 0 aliphatic heterocycles. The summed E-state index contributed by atoms with van der Waals surface area (Å²) in [6.45, 7) is 0. The van der Waals surface area contributed by atoms with Gasteiger partial charge in [-0.15, -0.1) is 23.4 Å². The molecule has 0 aliphatic rings. The van der Waals surface area contributed by atoms with Crippen LogP contribution in [-0.4, -0.2) is 32.4 Å². The fraction of sp³-hybridized carbons (Fsp3) is 0.0476. The number of carbonyl (C=O) groups is 1. The van der Waals surface area contributed by atoms with Crippen LogP contribution in [0.4, 0.5) is 29.3 Å². The molecule has 9 nitrogen and oxygen atoms in total. The molecule has 0 bridgehead atoms. The Hall–Kier alpha value is -4.61. The van der Waals surface area contributed by atoms with E-state index in [4.69, 9.17) is 4.74 Å². The quantitative estimate of drug-likeness (QED) is 0.423. The molecule has 0 radical (unpaired) electrons. The molecule has 0 saturated carbocycles. The Morgan fingerprint density at radius 3 is 2.36 bits per heavy atom. The third-order valence-electron chi connectivity index (χ3n) is 4.06. The number of urea groups is 1. The maximum atomic E-state index is 12.5. The summed E-state index contributed by atoms with van der Waals surface area (Å²) in [4.78, 5) is 12.2. The Morgan fingerprint density at radius 2 is 1.70 bits per heavy atom. The van der Waals surface area contributed by atoms with Gasteiger partial charge >= 0.3 is 12.4 Å². The van der Waals surface area contributed by atoms with Gasteiger partial charge in [-0.25, -0.2) is 9.48 Å². The predicted molar refractivity (Wildman–Crippen MR) is 111 cm³/mol. The SMILES string of the molecule is O=C(Nc1ccc(Oc2ccc(-n3cccn3)nn2)cc1)Nc1ccccc1OC(F)(F)F. The second kappa shape index (κ2) is 9.26. The number of hydrogen-bond acceptors (Lipinski definition) is 6. The summed E-state index contributed by atoms with van der Waals surface area (Å²) in [7, 11) is 0. The molecule has 4 rings (SSSR count). The first-order chi connectivity index (χ1) is 15.9. The maximum Gasteiger partial charge on any atom is 0.573 e. The second-order valence-electron chi connectivity index (χ2n) is 6.43. The molecule has 2 aromatic heterocycles. The number of amides is 2. The molecule has 12 heteroatoms. The van der Waals surface area contributed by atoms with Gasteiger partial charge in [-0.1, -0.05) is 12.1 Å². The molecule has 0 spiro atoms. The van der Waals surface area contributed by atoms with E-state index in [0.29, 0.717) is 17.3 Å². The smallest absolute Gasteiger partial charge is 0.438 e. The number of ether oxygens (including phenoxy) is 2. The zero-order chi connectivity index (χ0) is 23.3. The lowest BCUT2D eigenvalue weighted by molar-refractivity contribution is -0.274. The van der Waals surface area contributed by atoms with Gasteiger partial charge in [0.25, 0.3) is 0 Å². The fourth-order valence-corrected chi connectivity index (χ4v) is 2.69. The minimum atomic E-state index is -4.88. The van der Waals surface area contributed by atoms with Crippen molar-refractivity contribution in [2.45, 2.75) is 6.36 Å². The van der Waals surface area contributed by atoms with Crippen LogP contribution in [-0.2, 0) is 0 Å². The van der Waals surface area contributed by atoms with Gasteiger partial charge in [-0.3, -0.25) is 0 Å². The Labute approximate surface area is 184 Å². The van der Waals surface area contributed by atoms with Gasteiger partial charge < -0.3 is 20.1 Å². The standard InChI is InChI=1S/C21H15F3N6O3/c22-21(23,24)33-17-5-2-1-4-16(17)27-20(31)26-14-6-8-15(9-7-14)32-19-11-10-18(28-29-19)30-13-3-12-25-30/h1-13H,(H2,26,27,31). The minimum Gasteiger partial charge on any atom is -0.438 e. The molecule has 33 heavy (non-hydrogen) atoms. The molecule has 2 N–H and O–H groups in total. The van der Waals surface area contributed by atoms with Gasteiger partial charge in [0.2, 0.25) is 5.88 Å². The first-order valence-corrected chi connectivity index (χ1v) is 9.40. The highest BCUT2D eigenvalue weighted by Crippen LogP contribution is 2.30. The van der Waals surface area contributed by atoms with Crippen LogP contribution in [0.3, 0.4) is 0 Å². The monoisotopic (exact) mass is 456 g/mol. The number of para-hydroxylation sites is 2. The van der Waals surface area contributed by atoms with Crippen molar-refractivity contribution in [3.05, 3.63) is 79.1 Å². The molecule has 2 heterocycles. The number of nitrogens with one attached hydrogen (secondary N) is 2. The topological polar surface area (TPSA) is 103 Å². The van der Waals surface area contributed by atoms with Crippen molar-refractivity contribution in [2.24, 2.45) is 0 Å². The predicted octanol–water partition coefficient (Wildman–Crippen LogP) is 5.00. The molecule has 2 aromatic carbocycles. The molecule has 168 valence electrons. The van der Waals surface area contributed by atoms with Crippen LogP contribution in [0.25, 0.3) is 5.82 Å². The molecule has 0 atom stereocenters.